The summed E-state index contributed by atoms with van der Waals surface area (Å²) in [5.74, 6) is 1.83. The Morgan fingerprint density at radius 3 is 1.85 bits per heavy atom. The Labute approximate surface area is 234 Å². The van der Waals surface area contributed by atoms with E-state index in [2.05, 4.69) is 110 Å². The first-order valence-electron chi connectivity index (χ1n) is 13.7. The molecule has 40 heavy (non-hydrogen) atoms. The third kappa shape index (κ3) is 2.93. The van der Waals surface area contributed by atoms with Gasteiger partial charge >= 0.3 is 0 Å². The van der Waals surface area contributed by atoms with Crippen molar-refractivity contribution in [3.63, 3.8) is 0 Å². The van der Waals surface area contributed by atoms with Crippen molar-refractivity contribution in [3.05, 3.63) is 148 Å². The van der Waals surface area contributed by atoms with Gasteiger partial charge in [0.2, 0.25) is 0 Å². The molecule has 3 heterocycles. The van der Waals surface area contributed by atoms with E-state index in [1.165, 1.54) is 22.3 Å². The quantitative estimate of drug-likeness (QED) is 0.219. The number of hydrogen-bond acceptors (Lipinski definition) is 3. The molecule has 4 nitrogen and oxygen atoms in total. The van der Waals surface area contributed by atoms with E-state index in [0.717, 1.165) is 50.8 Å². The predicted octanol–water partition coefficient (Wildman–Crippen LogP) is 8.16. The number of amides is 1. The zero-order valence-electron chi connectivity index (χ0n) is 22.7. The summed E-state index contributed by atoms with van der Waals surface area (Å²) >= 11 is 0. The third-order valence-electron chi connectivity index (χ3n) is 8.73. The van der Waals surface area contributed by atoms with Gasteiger partial charge in [0.15, 0.2) is 0 Å². The van der Waals surface area contributed by atoms with Crippen molar-refractivity contribution in [1.82, 2.24) is 4.90 Å². The van der Waals surface area contributed by atoms with Gasteiger partial charge in [-0.2, -0.15) is 0 Å². The van der Waals surface area contributed by atoms with E-state index in [1.807, 2.05) is 19.2 Å². The van der Waals surface area contributed by atoms with Crippen LogP contribution in [0.1, 0.15) is 49.3 Å². The molecule has 0 fully saturated rings. The highest BCUT2D eigenvalue weighted by Crippen LogP contribution is 2.62. The highest BCUT2D eigenvalue weighted by atomic mass is 16.5. The van der Waals surface area contributed by atoms with E-state index in [9.17, 15) is 4.79 Å². The van der Waals surface area contributed by atoms with Crippen LogP contribution < -0.4 is 9.64 Å². The molecule has 8 rings (SSSR count). The minimum absolute atomic E-state index is 0.0749. The molecule has 0 bridgehead atoms. The standard InChI is InChI=1S/C36H28N2O2/c1-22-12-16-31-29(18-22)36(27-8-4-6-10-33(27)40-34-11-7-5-9-28(34)36)30-19-23(2)13-17-32(30)38(31)25-15-14-24-21-37(3)35(39)26(24)20-25/h4-20H,21H2,1-3H3. The minimum Gasteiger partial charge on any atom is -0.457 e. The molecule has 5 aromatic rings. The second-order valence-electron chi connectivity index (χ2n) is 11.2. The molecule has 0 radical (unpaired) electrons. The molecule has 0 N–H and O–H groups in total. The number of nitrogens with zero attached hydrogens (tertiary/aromatic N) is 2. The molecule has 3 aliphatic rings. The third-order valence-corrected chi connectivity index (χ3v) is 8.73. The van der Waals surface area contributed by atoms with Crippen molar-refractivity contribution in [1.29, 1.82) is 0 Å². The van der Waals surface area contributed by atoms with E-state index in [4.69, 9.17) is 4.74 Å². The van der Waals surface area contributed by atoms with Gasteiger partial charge in [0.25, 0.3) is 5.91 Å². The summed E-state index contributed by atoms with van der Waals surface area (Å²) in [5, 5.41) is 0. The fraction of sp³-hybridized carbons (Fsp3) is 0.139. The lowest BCUT2D eigenvalue weighted by Crippen LogP contribution is -2.40. The first kappa shape index (κ1) is 23.1. The fourth-order valence-corrected chi connectivity index (χ4v) is 6.99. The monoisotopic (exact) mass is 520 g/mol. The molecular weight excluding hydrogens is 492 g/mol. The smallest absolute Gasteiger partial charge is 0.254 e. The molecule has 4 heteroatoms. The van der Waals surface area contributed by atoms with Crippen LogP contribution in [0.15, 0.2) is 103 Å². The summed E-state index contributed by atoms with van der Waals surface area (Å²) in [7, 11) is 1.86. The Balaban J connectivity index is 1.51. The van der Waals surface area contributed by atoms with Crippen LogP contribution in [0, 0.1) is 13.8 Å². The average molecular weight is 521 g/mol. The molecule has 0 aliphatic carbocycles. The van der Waals surface area contributed by atoms with Crippen molar-refractivity contribution in [2.45, 2.75) is 25.8 Å². The summed E-state index contributed by atoms with van der Waals surface area (Å²) in [5.41, 5.74) is 11.6. The van der Waals surface area contributed by atoms with Gasteiger partial charge < -0.3 is 14.5 Å². The molecule has 1 amide bonds. The van der Waals surface area contributed by atoms with Gasteiger partial charge in [0, 0.05) is 36.0 Å². The van der Waals surface area contributed by atoms with Crippen molar-refractivity contribution < 1.29 is 9.53 Å². The first-order valence-corrected chi connectivity index (χ1v) is 13.7. The van der Waals surface area contributed by atoms with Crippen molar-refractivity contribution in [2.24, 2.45) is 0 Å². The first-order chi connectivity index (χ1) is 19.5. The number of carbonyl (C=O) groups is 1. The Bertz CT molecular complexity index is 1790. The number of fused-ring (bicyclic) bond motifs is 9. The van der Waals surface area contributed by atoms with Crippen LogP contribution in [0.25, 0.3) is 0 Å². The number of carbonyl (C=O) groups excluding carboxylic acids is 1. The number of benzene rings is 5. The van der Waals surface area contributed by atoms with E-state index in [-0.39, 0.29) is 5.91 Å². The Morgan fingerprint density at radius 1 is 0.675 bits per heavy atom. The molecule has 0 saturated heterocycles. The van der Waals surface area contributed by atoms with Gasteiger partial charge in [-0.15, -0.1) is 0 Å². The van der Waals surface area contributed by atoms with Crippen LogP contribution in [0.5, 0.6) is 11.5 Å². The summed E-state index contributed by atoms with van der Waals surface area (Å²) in [4.78, 5) is 17.1. The SMILES string of the molecule is Cc1ccc2c(c1)C1(c3ccccc3Oc3ccccc31)c1cc(C)ccc1N2c1ccc2c(c1)C(=O)N(C)C2. The Hall–Kier alpha value is -4.83. The normalized spacial score (nSPS) is 15.6. The molecule has 0 unspecified atom stereocenters. The molecule has 0 atom stereocenters. The van der Waals surface area contributed by atoms with Crippen LogP contribution in [0.2, 0.25) is 0 Å². The second-order valence-corrected chi connectivity index (χ2v) is 11.2. The van der Waals surface area contributed by atoms with Crippen molar-refractivity contribution in [2.75, 3.05) is 11.9 Å². The predicted molar refractivity (Wildman–Crippen MR) is 158 cm³/mol. The van der Waals surface area contributed by atoms with Gasteiger partial charge in [-0.3, -0.25) is 4.79 Å². The largest absolute Gasteiger partial charge is 0.457 e. The number of ether oxygens (including phenoxy) is 1. The van der Waals surface area contributed by atoms with Gasteiger partial charge in [-0.05, 0) is 66.9 Å². The zero-order valence-corrected chi connectivity index (χ0v) is 22.7. The van der Waals surface area contributed by atoms with Crippen molar-refractivity contribution in [3.8, 4) is 11.5 Å². The van der Waals surface area contributed by atoms with Crippen LogP contribution in [-0.4, -0.2) is 17.9 Å². The average Bonchev–Trinajstić information content (AvgIpc) is 3.25. The molecular formula is C36H28N2O2. The highest BCUT2D eigenvalue weighted by Gasteiger charge is 2.51. The molecule has 1 spiro atoms. The lowest BCUT2D eigenvalue weighted by atomic mass is 9.61. The van der Waals surface area contributed by atoms with Crippen LogP contribution in [0.3, 0.4) is 0 Å². The molecule has 3 aliphatic heterocycles. The minimum atomic E-state index is -0.572. The maximum atomic E-state index is 13.0. The van der Waals surface area contributed by atoms with Gasteiger partial charge in [-0.25, -0.2) is 0 Å². The number of aryl methyl sites for hydroxylation is 2. The van der Waals surface area contributed by atoms with E-state index in [0.29, 0.717) is 6.54 Å². The zero-order chi connectivity index (χ0) is 27.2. The van der Waals surface area contributed by atoms with E-state index >= 15 is 0 Å². The topological polar surface area (TPSA) is 32.8 Å². The summed E-state index contributed by atoms with van der Waals surface area (Å²) in [6.45, 7) is 4.97. The highest BCUT2D eigenvalue weighted by molar-refractivity contribution is 6.00. The van der Waals surface area contributed by atoms with Crippen LogP contribution >= 0.6 is 0 Å². The fourth-order valence-electron chi connectivity index (χ4n) is 6.99. The molecule has 0 aromatic heterocycles. The van der Waals surface area contributed by atoms with Gasteiger partial charge in [-0.1, -0.05) is 77.9 Å². The Morgan fingerprint density at radius 2 is 1.25 bits per heavy atom. The number of para-hydroxylation sites is 2. The molecule has 5 aromatic carbocycles. The number of hydrogen-bond donors (Lipinski definition) is 0. The molecule has 0 saturated carbocycles. The summed E-state index contributed by atoms with van der Waals surface area (Å²) in [6.07, 6.45) is 0. The maximum absolute atomic E-state index is 13.0. The lowest BCUT2D eigenvalue weighted by Gasteiger charge is -2.49. The second kappa shape index (κ2) is 8.09. The van der Waals surface area contributed by atoms with Gasteiger partial charge in [0.05, 0.1) is 16.8 Å². The van der Waals surface area contributed by atoms with E-state index < -0.39 is 5.41 Å². The lowest BCUT2D eigenvalue weighted by molar-refractivity contribution is 0.0816. The Kier molecular flexibility index (Phi) is 4.67. The van der Waals surface area contributed by atoms with E-state index in [1.54, 1.807) is 4.90 Å². The summed E-state index contributed by atoms with van der Waals surface area (Å²) < 4.78 is 6.52. The van der Waals surface area contributed by atoms with Gasteiger partial charge in [0.1, 0.15) is 11.5 Å². The van der Waals surface area contributed by atoms with Crippen LogP contribution in [0.4, 0.5) is 17.1 Å². The summed E-state index contributed by atoms with van der Waals surface area (Å²) in [6, 6.07) is 36.7. The number of rotatable bonds is 1. The maximum Gasteiger partial charge on any atom is 0.254 e. The van der Waals surface area contributed by atoms with Crippen molar-refractivity contribution >= 4 is 23.0 Å². The molecule has 194 valence electrons. The van der Waals surface area contributed by atoms with Crippen LogP contribution in [-0.2, 0) is 12.0 Å². The number of anilines is 3.